The number of pyridine rings is 1. The van der Waals surface area contributed by atoms with Gasteiger partial charge in [0.2, 0.25) is 5.76 Å². The number of nitriles is 1. The van der Waals surface area contributed by atoms with Crippen molar-refractivity contribution in [3.63, 3.8) is 0 Å². The number of rotatable bonds is 4. The molecule has 100 valence electrons. The molecule has 3 heterocycles. The first-order valence-corrected chi connectivity index (χ1v) is 6.30. The predicted molar refractivity (Wildman–Crippen MR) is 71.7 cm³/mol. The SMILES string of the molecule is CC(NCc1ccc(C#N)o1)c1nnc2ccccn12. The van der Waals surface area contributed by atoms with Crippen LogP contribution in [0.5, 0.6) is 0 Å². The van der Waals surface area contributed by atoms with Gasteiger partial charge in [-0.2, -0.15) is 5.26 Å². The number of hydrogen-bond acceptors (Lipinski definition) is 5. The summed E-state index contributed by atoms with van der Waals surface area (Å²) in [6.45, 7) is 2.54. The van der Waals surface area contributed by atoms with E-state index in [4.69, 9.17) is 9.68 Å². The van der Waals surface area contributed by atoms with Crippen LogP contribution >= 0.6 is 0 Å². The Hall–Kier alpha value is -2.65. The molecule has 3 rings (SSSR count). The van der Waals surface area contributed by atoms with Crippen molar-refractivity contribution < 1.29 is 4.42 Å². The minimum Gasteiger partial charge on any atom is -0.449 e. The molecule has 0 saturated carbocycles. The van der Waals surface area contributed by atoms with Gasteiger partial charge < -0.3 is 9.73 Å². The number of hydrogen-bond donors (Lipinski definition) is 1. The third kappa shape index (κ3) is 2.27. The van der Waals surface area contributed by atoms with Crippen molar-refractivity contribution in [1.29, 1.82) is 5.26 Å². The summed E-state index contributed by atoms with van der Waals surface area (Å²) in [7, 11) is 0. The molecule has 6 heteroatoms. The molecule has 20 heavy (non-hydrogen) atoms. The summed E-state index contributed by atoms with van der Waals surface area (Å²) in [6, 6.07) is 11.2. The Balaban J connectivity index is 1.73. The van der Waals surface area contributed by atoms with E-state index in [9.17, 15) is 0 Å². The van der Waals surface area contributed by atoms with Crippen LogP contribution in [0.2, 0.25) is 0 Å². The lowest BCUT2D eigenvalue weighted by Gasteiger charge is -2.10. The Morgan fingerprint density at radius 3 is 3.05 bits per heavy atom. The molecule has 0 saturated heterocycles. The normalized spacial score (nSPS) is 12.4. The Kier molecular flexibility index (Phi) is 3.19. The van der Waals surface area contributed by atoms with Gasteiger partial charge in [0.05, 0.1) is 12.6 Å². The summed E-state index contributed by atoms with van der Waals surface area (Å²) < 4.78 is 7.27. The van der Waals surface area contributed by atoms with Crippen LogP contribution in [-0.4, -0.2) is 14.6 Å². The molecule has 0 radical (unpaired) electrons. The van der Waals surface area contributed by atoms with E-state index in [0.29, 0.717) is 12.3 Å². The molecule has 0 aliphatic heterocycles. The highest BCUT2D eigenvalue weighted by Crippen LogP contribution is 2.13. The van der Waals surface area contributed by atoms with Gasteiger partial charge in [0.25, 0.3) is 0 Å². The monoisotopic (exact) mass is 267 g/mol. The fourth-order valence-electron chi connectivity index (χ4n) is 2.03. The number of nitrogens with one attached hydrogen (secondary N) is 1. The van der Waals surface area contributed by atoms with Gasteiger partial charge in [-0.05, 0) is 31.2 Å². The molecule has 1 atom stereocenters. The number of aromatic nitrogens is 3. The third-order valence-corrected chi connectivity index (χ3v) is 3.08. The van der Waals surface area contributed by atoms with Crippen LogP contribution in [0, 0.1) is 11.3 Å². The largest absolute Gasteiger partial charge is 0.449 e. The molecule has 3 aromatic rings. The Morgan fingerprint density at radius 1 is 1.35 bits per heavy atom. The second kappa shape index (κ2) is 5.15. The zero-order chi connectivity index (χ0) is 13.9. The van der Waals surface area contributed by atoms with E-state index in [2.05, 4.69) is 15.5 Å². The van der Waals surface area contributed by atoms with Gasteiger partial charge >= 0.3 is 0 Å². The molecule has 0 fully saturated rings. The van der Waals surface area contributed by atoms with E-state index in [-0.39, 0.29) is 6.04 Å². The Bertz CT molecular complexity index is 767. The molecule has 1 unspecified atom stereocenters. The molecular weight excluding hydrogens is 254 g/mol. The number of furan rings is 1. The van der Waals surface area contributed by atoms with Crippen LogP contribution in [0.4, 0.5) is 0 Å². The zero-order valence-electron chi connectivity index (χ0n) is 10.9. The maximum atomic E-state index is 8.71. The van der Waals surface area contributed by atoms with Crippen molar-refractivity contribution in [3.05, 3.63) is 53.9 Å². The van der Waals surface area contributed by atoms with Crippen molar-refractivity contribution in [2.75, 3.05) is 0 Å². The summed E-state index contributed by atoms with van der Waals surface area (Å²) in [5, 5.41) is 20.3. The molecule has 0 aliphatic rings. The standard InChI is InChI=1S/C14H13N5O/c1-10(16-9-12-6-5-11(8-15)20-12)14-18-17-13-4-2-3-7-19(13)14/h2-7,10,16H,9H2,1H3. The van der Waals surface area contributed by atoms with E-state index >= 15 is 0 Å². The number of fused-ring (bicyclic) bond motifs is 1. The van der Waals surface area contributed by atoms with Crippen LogP contribution in [0.1, 0.15) is 30.3 Å². The fourth-order valence-corrected chi connectivity index (χ4v) is 2.03. The van der Waals surface area contributed by atoms with Gasteiger partial charge in [-0.25, -0.2) is 0 Å². The summed E-state index contributed by atoms with van der Waals surface area (Å²) in [5.41, 5.74) is 0.820. The van der Waals surface area contributed by atoms with Crippen molar-refractivity contribution in [2.45, 2.75) is 19.5 Å². The van der Waals surface area contributed by atoms with E-state index in [1.54, 1.807) is 12.1 Å². The maximum absolute atomic E-state index is 8.71. The highest BCUT2D eigenvalue weighted by atomic mass is 16.3. The minimum atomic E-state index is 0.0167. The molecule has 0 spiro atoms. The van der Waals surface area contributed by atoms with Crippen LogP contribution in [-0.2, 0) is 6.54 Å². The van der Waals surface area contributed by atoms with Gasteiger partial charge in [0, 0.05) is 6.20 Å². The van der Waals surface area contributed by atoms with Gasteiger partial charge in [-0.3, -0.25) is 4.40 Å². The van der Waals surface area contributed by atoms with Crippen LogP contribution in [0.3, 0.4) is 0 Å². The second-order valence-electron chi connectivity index (χ2n) is 4.47. The lowest BCUT2D eigenvalue weighted by molar-refractivity contribution is 0.446. The third-order valence-electron chi connectivity index (χ3n) is 3.08. The quantitative estimate of drug-likeness (QED) is 0.782. The molecule has 0 amide bonds. The fraction of sp³-hybridized carbons (Fsp3) is 0.214. The average molecular weight is 267 g/mol. The van der Waals surface area contributed by atoms with Crippen molar-refractivity contribution >= 4 is 5.65 Å². The van der Waals surface area contributed by atoms with Crippen LogP contribution in [0.15, 0.2) is 40.9 Å². The topological polar surface area (TPSA) is 79.2 Å². The first-order chi connectivity index (χ1) is 9.78. The van der Waals surface area contributed by atoms with Gasteiger partial charge in [0.1, 0.15) is 11.8 Å². The summed E-state index contributed by atoms with van der Waals surface area (Å²) in [5.74, 6) is 1.89. The molecule has 0 aromatic carbocycles. The molecule has 3 aromatic heterocycles. The smallest absolute Gasteiger partial charge is 0.203 e. The van der Waals surface area contributed by atoms with Gasteiger partial charge in [-0.15, -0.1) is 10.2 Å². The first-order valence-electron chi connectivity index (χ1n) is 6.30. The molecule has 6 nitrogen and oxygen atoms in total. The highest BCUT2D eigenvalue weighted by molar-refractivity contribution is 5.37. The number of nitrogens with zero attached hydrogens (tertiary/aromatic N) is 4. The highest BCUT2D eigenvalue weighted by Gasteiger charge is 2.13. The Labute approximate surface area is 115 Å². The van der Waals surface area contributed by atoms with Crippen molar-refractivity contribution in [2.24, 2.45) is 0 Å². The van der Waals surface area contributed by atoms with Crippen LogP contribution in [0.25, 0.3) is 5.65 Å². The van der Waals surface area contributed by atoms with E-state index in [0.717, 1.165) is 17.2 Å². The second-order valence-corrected chi connectivity index (χ2v) is 4.47. The molecular formula is C14H13N5O. The van der Waals surface area contributed by atoms with E-state index < -0.39 is 0 Å². The van der Waals surface area contributed by atoms with Gasteiger partial charge in [-0.1, -0.05) is 6.07 Å². The van der Waals surface area contributed by atoms with Crippen molar-refractivity contribution in [3.8, 4) is 6.07 Å². The summed E-state index contributed by atoms with van der Waals surface area (Å²) >= 11 is 0. The minimum absolute atomic E-state index is 0.0167. The predicted octanol–water partition coefficient (Wildman–Crippen LogP) is 2.04. The van der Waals surface area contributed by atoms with E-state index in [1.165, 1.54) is 0 Å². The molecule has 1 N–H and O–H groups in total. The van der Waals surface area contributed by atoms with Gasteiger partial charge in [0.15, 0.2) is 11.5 Å². The lowest BCUT2D eigenvalue weighted by atomic mass is 10.3. The summed E-state index contributed by atoms with van der Waals surface area (Å²) in [4.78, 5) is 0. The molecule has 0 bridgehead atoms. The summed E-state index contributed by atoms with van der Waals surface area (Å²) in [6.07, 6.45) is 1.93. The first kappa shape index (κ1) is 12.4. The van der Waals surface area contributed by atoms with Crippen molar-refractivity contribution in [1.82, 2.24) is 19.9 Å². The lowest BCUT2D eigenvalue weighted by Crippen LogP contribution is -2.20. The van der Waals surface area contributed by atoms with E-state index in [1.807, 2.05) is 41.8 Å². The zero-order valence-corrected chi connectivity index (χ0v) is 10.9. The average Bonchev–Trinajstić information content (AvgIpc) is 3.11. The van der Waals surface area contributed by atoms with Crippen LogP contribution < -0.4 is 5.32 Å². The maximum Gasteiger partial charge on any atom is 0.203 e. The molecule has 0 aliphatic carbocycles. The Morgan fingerprint density at radius 2 is 2.25 bits per heavy atom.